The van der Waals surface area contributed by atoms with Crippen molar-refractivity contribution < 1.29 is 19.1 Å². The standard InChI is InChI=1S/C8H6Br2O4S/c1-13-7(11)3-4(8(12)14-2)6(10)15-5(3)9/h1-2H3. The summed E-state index contributed by atoms with van der Waals surface area (Å²) in [6, 6.07) is 0. The summed E-state index contributed by atoms with van der Waals surface area (Å²) in [5, 5.41) is 0. The van der Waals surface area contributed by atoms with Crippen molar-refractivity contribution in [2.75, 3.05) is 14.2 Å². The fraction of sp³-hybridized carbons (Fsp3) is 0.250. The van der Waals surface area contributed by atoms with Crippen LogP contribution in [-0.2, 0) is 9.47 Å². The lowest BCUT2D eigenvalue weighted by Gasteiger charge is -2.01. The molecule has 0 unspecified atom stereocenters. The predicted octanol–water partition coefficient (Wildman–Crippen LogP) is 2.85. The molecule has 0 aromatic carbocycles. The highest BCUT2D eigenvalue weighted by Crippen LogP contribution is 2.37. The highest BCUT2D eigenvalue weighted by molar-refractivity contribution is 9.12. The Hall–Kier alpha value is -0.400. The van der Waals surface area contributed by atoms with Gasteiger partial charge in [0.15, 0.2) is 0 Å². The molecule has 0 amide bonds. The molecular formula is C8H6Br2O4S. The molecule has 0 aliphatic carbocycles. The molecule has 0 atom stereocenters. The van der Waals surface area contributed by atoms with Crippen LogP contribution in [0.3, 0.4) is 0 Å². The predicted molar refractivity (Wildman–Crippen MR) is 62.4 cm³/mol. The van der Waals surface area contributed by atoms with Crippen LogP contribution in [0, 0.1) is 0 Å². The lowest BCUT2D eigenvalue weighted by atomic mass is 10.2. The number of esters is 2. The number of carbonyl (C=O) groups excluding carboxylic acids is 2. The number of rotatable bonds is 2. The van der Waals surface area contributed by atoms with Crippen LogP contribution < -0.4 is 0 Å². The van der Waals surface area contributed by atoms with Crippen LogP contribution in [0.2, 0.25) is 0 Å². The van der Waals surface area contributed by atoms with Gasteiger partial charge < -0.3 is 9.47 Å². The summed E-state index contributed by atoms with van der Waals surface area (Å²) < 4.78 is 10.2. The fourth-order valence-electron chi connectivity index (χ4n) is 0.946. The summed E-state index contributed by atoms with van der Waals surface area (Å²) in [4.78, 5) is 22.8. The number of ether oxygens (including phenoxy) is 2. The number of methoxy groups -OCH3 is 2. The minimum Gasteiger partial charge on any atom is -0.465 e. The van der Waals surface area contributed by atoms with E-state index in [1.165, 1.54) is 25.6 Å². The number of carbonyl (C=O) groups is 2. The van der Waals surface area contributed by atoms with Gasteiger partial charge in [-0.25, -0.2) is 9.59 Å². The molecule has 1 aromatic heterocycles. The molecule has 0 radical (unpaired) electrons. The quantitative estimate of drug-likeness (QED) is 0.764. The topological polar surface area (TPSA) is 52.6 Å². The third kappa shape index (κ3) is 2.40. The van der Waals surface area contributed by atoms with Crippen LogP contribution in [-0.4, -0.2) is 26.2 Å². The molecular weight excluding hydrogens is 352 g/mol. The molecule has 0 spiro atoms. The zero-order valence-electron chi connectivity index (χ0n) is 7.80. The fourth-order valence-corrected chi connectivity index (χ4v) is 4.02. The van der Waals surface area contributed by atoms with Crippen LogP contribution in [0.4, 0.5) is 0 Å². The molecule has 0 N–H and O–H groups in total. The molecule has 15 heavy (non-hydrogen) atoms. The van der Waals surface area contributed by atoms with Gasteiger partial charge in [0.25, 0.3) is 0 Å². The second-order valence-electron chi connectivity index (χ2n) is 2.38. The lowest BCUT2D eigenvalue weighted by molar-refractivity contribution is 0.0555. The van der Waals surface area contributed by atoms with Gasteiger partial charge in [0, 0.05) is 0 Å². The molecule has 82 valence electrons. The molecule has 1 rings (SSSR count). The van der Waals surface area contributed by atoms with E-state index in [0.29, 0.717) is 7.57 Å². The van der Waals surface area contributed by atoms with Crippen molar-refractivity contribution in [3.63, 3.8) is 0 Å². The Labute approximate surface area is 107 Å². The van der Waals surface area contributed by atoms with E-state index in [4.69, 9.17) is 0 Å². The number of thiophene rings is 1. The first-order valence-corrected chi connectivity index (χ1v) is 6.07. The van der Waals surface area contributed by atoms with Crippen molar-refractivity contribution in [2.24, 2.45) is 0 Å². The molecule has 0 saturated carbocycles. The molecule has 0 aliphatic rings. The van der Waals surface area contributed by atoms with E-state index in [1.807, 2.05) is 0 Å². The van der Waals surface area contributed by atoms with Gasteiger partial charge in [-0.2, -0.15) is 0 Å². The van der Waals surface area contributed by atoms with Gasteiger partial charge in [0.05, 0.1) is 21.8 Å². The average Bonchev–Trinajstić information content (AvgIpc) is 2.51. The second kappa shape index (κ2) is 5.09. The molecule has 4 nitrogen and oxygen atoms in total. The monoisotopic (exact) mass is 356 g/mol. The number of halogens is 2. The third-order valence-corrected chi connectivity index (χ3v) is 4.13. The maximum absolute atomic E-state index is 11.4. The van der Waals surface area contributed by atoms with E-state index in [1.54, 1.807) is 0 Å². The highest BCUT2D eigenvalue weighted by Gasteiger charge is 2.27. The minimum absolute atomic E-state index is 0.182. The van der Waals surface area contributed by atoms with Crippen molar-refractivity contribution in [1.29, 1.82) is 0 Å². The van der Waals surface area contributed by atoms with Gasteiger partial charge in [-0.05, 0) is 31.9 Å². The summed E-state index contributed by atoms with van der Waals surface area (Å²) in [5.74, 6) is -1.16. The van der Waals surface area contributed by atoms with Gasteiger partial charge in [0.1, 0.15) is 11.1 Å². The van der Waals surface area contributed by atoms with Gasteiger partial charge in [-0.3, -0.25) is 0 Å². The Balaban J connectivity index is 3.35. The van der Waals surface area contributed by atoms with Crippen LogP contribution in [0.5, 0.6) is 0 Å². The zero-order chi connectivity index (χ0) is 11.6. The normalized spacial score (nSPS) is 9.87. The molecule has 0 bridgehead atoms. The van der Waals surface area contributed by atoms with E-state index < -0.39 is 11.9 Å². The smallest absolute Gasteiger partial charge is 0.340 e. The number of hydrogen-bond donors (Lipinski definition) is 0. The van der Waals surface area contributed by atoms with E-state index in [0.717, 1.165) is 0 Å². The van der Waals surface area contributed by atoms with Crippen LogP contribution >= 0.6 is 43.2 Å². The maximum Gasteiger partial charge on any atom is 0.340 e. The maximum atomic E-state index is 11.4. The average molecular weight is 358 g/mol. The molecule has 7 heteroatoms. The summed E-state index contributed by atoms with van der Waals surface area (Å²) in [6.45, 7) is 0. The Kier molecular flexibility index (Phi) is 4.30. The molecule has 0 aliphatic heterocycles. The molecule has 1 aromatic rings. The van der Waals surface area contributed by atoms with Crippen LogP contribution in [0.25, 0.3) is 0 Å². The van der Waals surface area contributed by atoms with E-state index in [9.17, 15) is 9.59 Å². The van der Waals surface area contributed by atoms with E-state index in [-0.39, 0.29) is 11.1 Å². The van der Waals surface area contributed by atoms with E-state index in [2.05, 4.69) is 41.3 Å². The summed E-state index contributed by atoms with van der Waals surface area (Å²) >= 11 is 7.59. The van der Waals surface area contributed by atoms with Gasteiger partial charge in [-0.15, -0.1) is 11.3 Å². The molecule has 0 fully saturated rings. The van der Waals surface area contributed by atoms with Crippen LogP contribution in [0.15, 0.2) is 7.57 Å². The summed E-state index contributed by atoms with van der Waals surface area (Å²) in [6.07, 6.45) is 0. The summed E-state index contributed by atoms with van der Waals surface area (Å²) in [7, 11) is 2.50. The Bertz CT molecular complexity index is 377. The first kappa shape index (κ1) is 12.7. The molecule has 0 saturated heterocycles. The van der Waals surface area contributed by atoms with Crippen molar-refractivity contribution in [3.05, 3.63) is 18.7 Å². The SMILES string of the molecule is COC(=O)c1c(Br)sc(Br)c1C(=O)OC. The van der Waals surface area contributed by atoms with E-state index >= 15 is 0 Å². The molecule has 1 heterocycles. The first-order valence-electron chi connectivity index (χ1n) is 3.67. The summed E-state index contributed by atoms with van der Waals surface area (Å²) in [5.41, 5.74) is 0.363. The first-order chi connectivity index (χ1) is 7.02. The Morgan fingerprint density at radius 3 is 1.60 bits per heavy atom. The highest BCUT2D eigenvalue weighted by atomic mass is 79.9. The largest absolute Gasteiger partial charge is 0.465 e. The van der Waals surface area contributed by atoms with Gasteiger partial charge >= 0.3 is 11.9 Å². The lowest BCUT2D eigenvalue weighted by Crippen LogP contribution is -2.10. The van der Waals surface area contributed by atoms with Crippen molar-refractivity contribution >= 4 is 55.1 Å². The minimum atomic E-state index is -0.579. The Morgan fingerprint density at radius 2 is 1.33 bits per heavy atom. The Morgan fingerprint density at radius 1 is 1.00 bits per heavy atom. The van der Waals surface area contributed by atoms with Crippen LogP contribution in [0.1, 0.15) is 20.7 Å². The van der Waals surface area contributed by atoms with Crippen molar-refractivity contribution in [1.82, 2.24) is 0 Å². The van der Waals surface area contributed by atoms with Gasteiger partial charge in [-0.1, -0.05) is 0 Å². The second-order valence-corrected chi connectivity index (χ2v) is 6.04. The zero-order valence-corrected chi connectivity index (χ0v) is 11.8. The van der Waals surface area contributed by atoms with Crippen molar-refractivity contribution in [2.45, 2.75) is 0 Å². The van der Waals surface area contributed by atoms with Crippen molar-refractivity contribution in [3.8, 4) is 0 Å². The third-order valence-electron chi connectivity index (χ3n) is 1.60. The van der Waals surface area contributed by atoms with Gasteiger partial charge in [0.2, 0.25) is 0 Å². The number of hydrogen-bond acceptors (Lipinski definition) is 5.